The molecule has 22 heavy (non-hydrogen) atoms. The number of aliphatic carboxylic acids is 1. The average Bonchev–Trinajstić information content (AvgIpc) is 3.07. The van der Waals surface area contributed by atoms with Gasteiger partial charge >= 0.3 is 5.97 Å². The number of ether oxygens (including phenoxy) is 1. The van der Waals surface area contributed by atoms with E-state index in [0.29, 0.717) is 19.4 Å². The Bertz CT molecular complexity index is 542. The molecule has 6 heteroatoms. The molecule has 2 heterocycles. The number of likely N-dealkylation sites (tertiary alicyclic amines) is 1. The van der Waals surface area contributed by atoms with Gasteiger partial charge in [-0.05, 0) is 38.3 Å². The number of rotatable bonds is 7. The minimum Gasteiger partial charge on any atom is -0.481 e. The van der Waals surface area contributed by atoms with Gasteiger partial charge in [-0.1, -0.05) is 0 Å². The van der Waals surface area contributed by atoms with Crippen LogP contribution in [0.5, 0.6) is 0 Å². The summed E-state index contributed by atoms with van der Waals surface area (Å²) in [5.41, 5.74) is -0.935. The lowest BCUT2D eigenvalue weighted by molar-refractivity contribution is -0.151. The van der Waals surface area contributed by atoms with E-state index in [1.165, 1.54) is 16.9 Å². The van der Waals surface area contributed by atoms with E-state index >= 15 is 0 Å². The lowest BCUT2D eigenvalue weighted by Crippen LogP contribution is -2.40. The molecule has 1 amide bonds. The summed E-state index contributed by atoms with van der Waals surface area (Å²) in [4.78, 5) is 28.0. The summed E-state index contributed by atoms with van der Waals surface area (Å²) in [5, 5.41) is 9.40. The molecule has 1 unspecified atom stereocenters. The topological polar surface area (TPSA) is 66.8 Å². The summed E-state index contributed by atoms with van der Waals surface area (Å²) < 4.78 is 5.04. The smallest absolute Gasteiger partial charge is 0.313 e. The van der Waals surface area contributed by atoms with Crippen LogP contribution < -0.4 is 0 Å². The van der Waals surface area contributed by atoms with E-state index in [1.807, 2.05) is 0 Å². The van der Waals surface area contributed by atoms with Crippen molar-refractivity contribution in [3.63, 3.8) is 0 Å². The van der Waals surface area contributed by atoms with Crippen molar-refractivity contribution < 1.29 is 19.4 Å². The van der Waals surface area contributed by atoms with Gasteiger partial charge in [0.15, 0.2) is 0 Å². The molecule has 0 bridgehead atoms. The minimum absolute atomic E-state index is 0.0486. The lowest BCUT2D eigenvalue weighted by Gasteiger charge is -2.23. The Morgan fingerprint density at radius 1 is 1.45 bits per heavy atom. The SMILES string of the molecule is COCC1(C(=O)O)CCN(C(=O)CCCc2ccc(C)s2)C1. The third-order valence-corrected chi connectivity index (χ3v) is 5.25. The summed E-state index contributed by atoms with van der Waals surface area (Å²) in [5.74, 6) is -0.828. The number of methoxy groups -OCH3 is 1. The molecule has 1 aliphatic heterocycles. The Morgan fingerprint density at radius 2 is 2.23 bits per heavy atom. The van der Waals surface area contributed by atoms with E-state index in [-0.39, 0.29) is 19.1 Å². The van der Waals surface area contributed by atoms with E-state index < -0.39 is 11.4 Å². The normalized spacial score (nSPS) is 21.3. The van der Waals surface area contributed by atoms with Crippen molar-refractivity contribution >= 4 is 23.2 Å². The summed E-state index contributed by atoms with van der Waals surface area (Å²) in [7, 11) is 1.50. The van der Waals surface area contributed by atoms with Gasteiger partial charge < -0.3 is 14.7 Å². The molecule has 0 radical (unpaired) electrons. The van der Waals surface area contributed by atoms with Crippen LogP contribution in [0.3, 0.4) is 0 Å². The number of thiophene rings is 1. The van der Waals surface area contributed by atoms with Gasteiger partial charge in [0, 0.05) is 36.4 Å². The summed E-state index contributed by atoms with van der Waals surface area (Å²) in [6, 6.07) is 4.20. The van der Waals surface area contributed by atoms with E-state index in [2.05, 4.69) is 19.1 Å². The Labute approximate surface area is 134 Å². The second kappa shape index (κ2) is 7.24. The predicted octanol–water partition coefficient (Wildman–Crippen LogP) is 2.33. The first-order valence-electron chi connectivity index (χ1n) is 7.52. The van der Waals surface area contributed by atoms with Crippen LogP contribution in [-0.4, -0.2) is 48.7 Å². The third-order valence-electron chi connectivity index (χ3n) is 4.19. The third kappa shape index (κ3) is 3.87. The maximum atomic E-state index is 12.3. The molecule has 5 nitrogen and oxygen atoms in total. The molecule has 0 aromatic carbocycles. The van der Waals surface area contributed by atoms with Crippen molar-refractivity contribution in [1.29, 1.82) is 0 Å². The van der Waals surface area contributed by atoms with Gasteiger partial charge in [0.05, 0.1) is 6.61 Å². The second-order valence-corrected chi connectivity index (χ2v) is 7.32. The highest BCUT2D eigenvalue weighted by molar-refractivity contribution is 7.11. The molecule has 1 aromatic heterocycles. The molecule has 2 rings (SSSR count). The van der Waals surface area contributed by atoms with Crippen molar-refractivity contribution in [3.05, 3.63) is 21.9 Å². The van der Waals surface area contributed by atoms with E-state index in [1.54, 1.807) is 16.2 Å². The first kappa shape index (κ1) is 17.0. The molecular weight excluding hydrogens is 302 g/mol. The van der Waals surface area contributed by atoms with Gasteiger partial charge in [-0.2, -0.15) is 0 Å². The van der Waals surface area contributed by atoms with Crippen molar-refractivity contribution in [1.82, 2.24) is 4.90 Å². The fourth-order valence-electron chi connectivity index (χ4n) is 2.91. The van der Waals surface area contributed by atoms with Gasteiger partial charge in [-0.3, -0.25) is 9.59 Å². The molecule has 1 fully saturated rings. The quantitative estimate of drug-likeness (QED) is 0.835. The molecule has 0 saturated carbocycles. The molecule has 1 aromatic rings. The highest BCUT2D eigenvalue weighted by Crippen LogP contribution is 2.31. The van der Waals surface area contributed by atoms with Crippen molar-refractivity contribution in [2.75, 3.05) is 26.8 Å². The molecule has 122 valence electrons. The zero-order valence-corrected chi connectivity index (χ0v) is 13.9. The number of hydrogen-bond donors (Lipinski definition) is 1. The number of nitrogens with zero attached hydrogens (tertiary/aromatic N) is 1. The Morgan fingerprint density at radius 3 is 2.82 bits per heavy atom. The largest absolute Gasteiger partial charge is 0.481 e. The zero-order chi connectivity index (χ0) is 16.2. The van der Waals surface area contributed by atoms with Crippen molar-refractivity contribution in [3.8, 4) is 0 Å². The molecule has 1 N–H and O–H groups in total. The van der Waals surface area contributed by atoms with Gasteiger partial charge in [0.1, 0.15) is 5.41 Å². The monoisotopic (exact) mass is 325 g/mol. The van der Waals surface area contributed by atoms with Gasteiger partial charge in [-0.25, -0.2) is 0 Å². The minimum atomic E-state index is -0.935. The number of carboxylic acids is 1. The summed E-state index contributed by atoms with van der Waals surface area (Å²) >= 11 is 1.76. The van der Waals surface area contributed by atoms with Gasteiger partial charge in [0.25, 0.3) is 0 Å². The van der Waals surface area contributed by atoms with Gasteiger partial charge in [-0.15, -0.1) is 11.3 Å². The van der Waals surface area contributed by atoms with Crippen LogP contribution >= 0.6 is 11.3 Å². The van der Waals surface area contributed by atoms with E-state index in [4.69, 9.17) is 4.74 Å². The maximum Gasteiger partial charge on any atom is 0.313 e. The molecule has 1 atom stereocenters. The van der Waals surface area contributed by atoms with E-state index in [0.717, 1.165) is 12.8 Å². The first-order valence-corrected chi connectivity index (χ1v) is 8.34. The first-order chi connectivity index (χ1) is 10.5. The Kier molecular flexibility index (Phi) is 5.58. The predicted molar refractivity (Wildman–Crippen MR) is 85.1 cm³/mol. The second-order valence-electron chi connectivity index (χ2n) is 5.95. The molecule has 0 aliphatic carbocycles. The number of aryl methyl sites for hydroxylation is 2. The standard InChI is InChI=1S/C16H23NO4S/c1-12-6-7-13(22-12)4-3-5-14(18)17-9-8-16(10-17,11-21-2)15(19)20/h6-7H,3-5,8-11H2,1-2H3,(H,19,20). The zero-order valence-electron chi connectivity index (χ0n) is 13.1. The number of amides is 1. The fraction of sp³-hybridized carbons (Fsp3) is 0.625. The van der Waals surface area contributed by atoms with Crippen LogP contribution in [0.2, 0.25) is 0 Å². The van der Waals surface area contributed by atoms with Crippen LogP contribution in [0, 0.1) is 12.3 Å². The average molecular weight is 325 g/mol. The summed E-state index contributed by atoms with van der Waals surface area (Å²) in [6.07, 6.45) is 2.64. The van der Waals surface area contributed by atoms with Crippen LogP contribution in [0.1, 0.15) is 29.0 Å². The van der Waals surface area contributed by atoms with Gasteiger partial charge in [0.2, 0.25) is 5.91 Å². The van der Waals surface area contributed by atoms with Crippen molar-refractivity contribution in [2.45, 2.75) is 32.6 Å². The Hall–Kier alpha value is -1.40. The molecular formula is C16H23NO4S. The van der Waals surface area contributed by atoms with Crippen LogP contribution in [-0.2, 0) is 20.7 Å². The molecule has 0 spiro atoms. The fourth-order valence-corrected chi connectivity index (χ4v) is 3.84. The van der Waals surface area contributed by atoms with E-state index in [9.17, 15) is 14.7 Å². The number of carbonyl (C=O) groups is 2. The van der Waals surface area contributed by atoms with Crippen LogP contribution in [0.4, 0.5) is 0 Å². The number of carbonyl (C=O) groups excluding carboxylic acids is 1. The maximum absolute atomic E-state index is 12.3. The lowest BCUT2D eigenvalue weighted by atomic mass is 9.88. The number of carboxylic acid groups (broad SMARTS) is 1. The highest BCUT2D eigenvalue weighted by Gasteiger charge is 2.46. The van der Waals surface area contributed by atoms with Crippen LogP contribution in [0.25, 0.3) is 0 Å². The molecule has 1 saturated heterocycles. The summed E-state index contributed by atoms with van der Waals surface area (Å²) in [6.45, 7) is 2.99. The molecule has 1 aliphatic rings. The van der Waals surface area contributed by atoms with Crippen LogP contribution in [0.15, 0.2) is 12.1 Å². The number of hydrogen-bond acceptors (Lipinski definition) is 4. The van der Waals surface area contributed by atoms with Crippen molar-refractivity contribution in [2.24, 2.45) is 5.41 Å². The Balaban J connectivity index is 1.82. The highest BCUT2D eigenvalue weighted by atomic mass is 32.1.